The highest BCUT2D eigenvalue weighted by Gasteiger charge is 2.37. The minimum Gasteiger partial charge on any atom is -0.458 e. The Morgan fingerprint density at radius 2 is 1.77 bits per heavy atom. The third-order valence-corrected chi connectivity index (χ3v) is 4.70. The van der Waals surface area contributed by atoms with Crippen molar-refractivity contribution in [1.29, 1.82) is 0 Å². The molecule has 3 atom stereocenters. The van der Waals surface area contributed by atoms with Crippen molar-refractivity contribution in [2.24, 2.45) is 0 Å². The molecular formula is C22H25NO7. The number of para-hydroxylation sites is 1. The molecule has 8 heteroatoms. The number of carbonyl (C=O) groups is 3. The topological polar surface area (TPSA) is 104 Å². The van der Waals surface area contributed by atoms with Crippen LogP contribution in [-0.2, 0) is 33.3 Å². The fraction of sp³-hybridized carbons (Fsp3) is 0.409. The predicted octanol–water partition coefficient (Wildman–Crippen LogP) is 3.11. The molecule has 1 saturated heterocycles. The fourth-order valence-corrected chi connectivity index (χ4v) is 3.10. The van der Waals surface area contributed by atoms with Gasteiger partial charge in [0.1, 0.15) is 6.10 Å². The van der Waals surface area contributed by atoms with E-state index in [2.05, 4.69) is 4.98 Å². The molecule has 1 aliphatic heterocycles. The van der Waals surface area contributed by atoms with Crippen molar-refractivity contribution in [3.63, 3.8) is 0 Å². The Labute approximate surface area is 174 Å². The molecular weight excluding hydrogens is 390 g/mol. The second-order valence-corrected chi connectivity index (χ2v) is 6.82. The summed E-state index contributed by atoms with van der Waals surface area (Å²) in [5, 5.41) is 0.989. The van der Waals surface area contributed by atoms with Crippen LogP contribution in [-0.4, -0.2) is 48.0 Å². The number of H-pyrrole nitrogens is 1. The predicted molar refractivity (Wildman–Crippen MR) is 108 cm³/mol. The van der Waals surface area contributed by atoms with E-state index in [-0.39, 0.29) is 25.9 Å². The summed E-state index contributed by atoms with van der Waals surface area (Å²) in [4.78, 5) is 38.7. The molecule has 0 bridgehead atoms. The van der Waals surface area contributed by atoms with Crippen LogP contribution in [0, 0.1) is 0 Å². The van der Waals surface area contributed by atoms with E-state index >= 15 is 0 Å². The van der Waals surface area contributed by atoms with Crippen LogP contribution in [0.2, 0.25) is 0 Å². The Morgan fingerprint density at radius 1 is 1.07 bits per heavy atom. The Balaban J connectivity index is 1.60. The Kier molecular flexibility index (Phi) is 7.24. The van der Waals surface area contributed by atoms with Crippen LogP contribution in [0.4, 0.5) is 0 Å². The Hall–Kier alpha value is -3.13. The molecule has 0 aliphatic carbocycles. The van der Waals surface area contributed by atoms with Gasteiger partial charge in [-0.15, -0.1) is 0 Å². The van der Waals surface area contributed by atoms with Crippen LogP contribution in [0.25, 0.3) is 17.0 Å². The first kappa shape index (κ1) is 21.6. The van der Waals surface area contributed by atoms with Crippen LogP contribution < -0.4 is 0 Å². The lowest BCUT2D eigenvalue weighted by Crippen LogP contribution is -2.47. The van der Waals surface area contributed by atoms with E-state index < -0.39 is 36.4 Å². The zero-order chi connectivity index (χ0) is 21.5. The Bertz CT molecular complexity index is 932. The smallest absolute Gasteiger partial charge is 0.333 e. The third kappa shape index (κ3) is 5.48. The number of benzene rings is 1. The van der Waals surface area contributed by atoms with Gasteiger partial charge >= 0.3 is 17.9 Å². The SMILES string of the molecule is CCC(=O)O[C@@H]1CO[C@H](OC(=O)/C=C/c2c[nH]c3ccccc23)C[C@H]1OC(=O)CC. The van der Waals surface area contributed by atoms with Crippen molar-refractivity contribution in [1.82, 2.24) is 4.98 Å². The summed E-state index contributed by atoms with van der Waals surface area (Å²) < 4.78 is 21.5. The van der Waals surface area contributed by atoms with Crippen molar-refractivity contribution >= 4 is 34.9 Å². The number of hydrogen-bond acceptors (Lipinski definition) is 7. The van der Waals surface area contributed by atoms with E-state index in [0.29, 0.717) is 0 Å². The summed E-state index contributed by atoms with van der Waals surface area (Å²) in [6.07, 6.45) is 2.86. The minimum atomic E-state index is -0.906. The summed E-state index contributed by atoms with van der Waals surface area (Å²) in [6, 6.07) is 7.74. The van der Waals surface area contributed by atoms with Crippen LogP contribution in [0.3, 0.4) is 0 Å². The second-order valence-electron chi connectivity index (χ2n) is 6.82. The molecule has 30 heavy (non-hydrogen) atoms. The van der Waals surface area contributed by atoms with Gasteiger partial charge in [0.15, 0.2) is 6.10 Å². The van der Waals surface area contributed by atoms with Crippen molar-refractivity contribution in [2.75, 3.05) is 6.61 Å². The van der Waals surface area contributed by atoms with Gasteiger partial charge in [0.2, 0.25) is 6.29 Å². The van der Waals surface area contributed by atoms with Gasteiger partial charge in [0.05, 0.1) is 13.0 Å². The Morgan fingerprint density at radius 3 is 2.50 bits per heavy atom. The maximum absolute atomic E-state index is 12.2. The number of aromatic amines is 1. The molecule has 1 aromatic heterocycles. The number of fused-ring (bicyclic) bond motifs is 1. The molecule has 3 rings (SSSR count). The molecule has 2 heterocycles. The van der Waals surface area contributed by atoms with Gasteiger partial charge in [-0.1, -0.05) is 32.0 Å². The summed E-state index contributed by atoms with van der Waals surface area (Å²) in [5.41, 5.74) is 1.82. The van der Waals surface area contributed by atoms with Crippen molar-refractivity contribution in [3.8, 4) is 0 Å². The molecule has 1 aliphatic rings. The summed E-state index contributed by atoms with van der Waals surface area (Å²) in [5.74, 6) is -1.43. The van der Waals surface area contributed by atoms with Gasteiger partial charge in [-0.3, -0.25) is 9.59 Å². The van der Waals surface area contributed by atoms with Crippen molar-refractivity contribution in [2.45, 2.75) is 51.6 Å². The normalized spacial score (nSPS) is 21.5. The van der Waals surface area contributed by atoms with E-state index in [1.165, 1.54) is 6.08 Å². The summed E-state index contributed by atoms with van der Waals surface area (Å²) in [7, 11) is 0. The number of nitrogens with one attached hydrogen (secondary N) is 1. The zero-order valence-corrected chi connectivity index (χ0v) is 17.0. The van der Waals surface area contributed by atoms with Crippen LogP contribution in [0.15, 0.2) is 36.5 Å². The highest BCUT2D eigenvalue weighted by Crippen LogP contribution is 2.23. The number of aromatic nitrogens is 1. The van der Waals surface area contributed by atoms with Crippen LogP contribution >= 0.6 is 0 Å². The minimum absolute atomic E-state index is 0.0302. The first-order valence-corrected chi connectivity index (χ1v) is 9.95. The van der Waals surface area contributed by atoms with Gasteiger partial charge in [0.25, 0.3) is 0 Å². The molecule has 1 fully saturated rings. The molecule has 0 unspecified atom stereocenters. The monoisotopic (exact) mass is 415 g/mol. The lowest BCUT2D eigenvalue weighted by molar-refractivity contribution is -0.228. The second kappa shape index (κ2) is 10.1. The van der Waals surface area contributed by atoms with Gasteiger partial charge in [-0.25, -0.2) is 4.79 Å². The standard InChI is InChI=1S/C22H25NO7/c1-3-19(24)28-17-11-22(27-13-18(17)29-20(25)4-2)30-21(26)10-9-14-12-23-16-8-6-5-7-15(14)16/h5-10,12,17-18,22-23H,3-4,11,13H2,1-2H3/b10-9+/t17-,18-,22-/m1/s1. The van der Waals surface area contributed by atoms with E-state index in [1.54, 1.807) is 26.1 Å². The number of hydrogen-bond donors (Lipinski definition) is 1. The molecule has 1 N–H and O–H groups in total. The molecule has 0 radical (unpaired) electrons. The summed E-state index contributed by atoms with van der Waals surface area (Å²) >= 11 is 0. The lowest BCUT2D eigenvalue weighted by Gasteiger charge is -2.34. The van der Waals surface area contributed by atoms with Gasteiger partial charge in [-0.05, 0) is 12.1 Å². The number of rotatable bonds is 7. The lowest BCUT2D eigenvalue weighted by atomic mass is 10.1. The molecule has 160 valence electrons. The van der Waals surface area contributed by atoms with Crippen LogP contribution in [0.5, 0.6) is 0 Å². The number of carbonyl (C=O) groups excluding carboxylic acids is 3. The molecule has 0 amide bonds. The van der Waals surface area contributed by atoms with Gasteiger partial charge in [0, 0.05) is 41.6 Å². The first-order chi connectivity index (χ1) is 14.5. The van der Waals surface area contributed by atoms with Crippen molar-refractivity contribution in [3.05, 3.63) is 42.1 Å². The molecule has 2 aromatic rings. The molecule has 0 spiro atoms. The quantitative estimate of drug-likeness (QED) is 0.421. The maximum Gasteiger partial charge on any atom is 0.333 e. The number of ether oxygens (including phenoxy) is 4. The van der Waals surface area contributed by atoms with E-state index in [4.69, 9.17) is 18.9 Å². The zero-order valence-electron chi connectivity index (χ0n) is 17.0. The average molecular weight is 415 g/mol. The largest absolute Gasteiger partial charge is 0.458 e. The van der Waals surface area contributed by atoms with Gasteiger partial charge in [-0.2, -0.15) is 0 Å². The van der Waals surface area contributed by atoms with Gasteiger partial charge < -0.3 is 23.9 Å². The fourth-order valence-electron chi connectivity index (χ4n) is 3.10. The molecule has 0 saturated carbocycles. The average Bonchev–Trinajstić information content (AvgIpc) is 3.17. The highest BCUT2D eigenvalue weighted by atomic mass is 16.7. The first-order valence-electron chi connectivity index (χ1n) is 9.95. The van der Waals surface area contributed by atoms with Crippen molar-refractivity contribution < 1.29 is 33.3 Å². The third-order valence-electron chi connectivity index (χ3n) is 4.70. The maximum atomic E-state index is 12.2. The number of esters is 3. The van der Waals surface area contributed by atoms with E-state index in [1.807, 2.05) is 24.3 Å². The van der Waals surface area contributed by atoms with E-state index in [0.717, 1.165) is 16.5 Å². The summed E-state index contributed by atoms with van der Waals surface area (Å²) in [6.45, 7) is 3.31. The molecule has 8 nitrogen and oxygen atoms in total. The van der Waals surface area contributed by atoms with Crippen LogP contribution in [0.1, 0.15) is 38.7 Å². The van der Waals surface area contributed by atoms with E-state index in [9.17, 15) is 14.4 Å². The molecule has 1 aromatic carbocycles. The highest BCUT2D eigenvalue weighted by molar-refractivity contribution is 5.94.